The fourth-order valence-corrected chi connectivity index (χ4v) is 2.34. The lowest BCUT2D eigenvalue weighted by atomic mass is 10.0. The van der Waals surface area contributed by atoms with Crippen molar-refractivity contribution in [2.75, 3.05) is 13.1 Å². The minimum absolute atomic E-state index is 0.265. The van der Waals surface area contributed by atoms with Crippen molar-refractivity contribution in [3.05, 3.63) is 12.2 Å². The second kappa shape index (κ2) is 9.16. The van der Waals surface area contributed by atoms with Crippen molar-refractivity contribution < 1.29 is 0 Å². The van der Waals surface area contributed by atoms with Crippen LogP contribution in [0.4, 0.5) is 0 Å². The third-order valence-corrected chi connectivity index (χ3v) is 3.34. The highest BCUT2D eigenvalue weighted by atomic mass is 15.2. The Hall–Kier alpha value is -1.81. The highest BCUT2D eigenvalue weighted by molar-refractivity contribution is 5.87. The summed E-state index contributed by atoms with van der Waals surface area (Å²) in [5.41, 5.74) is 0. The van der Waals surface area contributed by atoms with Crippen LogP contribution in [0.2, 0.25) is 0 Å². The Bertz CT molecular complexity index is 391. The molecule has 0 aromatic carbocycles. The molecule has 4 heteroatoms. The molecule has 1 aliphatic heterocycles. The van der Waals surface area contributed by atoms with Crippen LogP contribution in [-0.4, -0.2) is 23.8 Å². The highest BCUT2D eigenvalue weighted by Crippen LogP contribution is 2.17. The lowest BCUT2D eigenvalue weighted by molar-refractivity contribution is 0.330. The molecule has 0 N–H and O–H groups in total. The zero-order valence-corrected chi connectivity index (χ0v) is 11.7. The van der Waals surface area contributed by atoms with Gasteiger partial charge in [-0.15, -0.1) is 0 Å². The lowest BCUT2D eigenvalue weighted by Gasteiger charge is -2.31. The Morgan fingerprint density at radius 1 is 1.26 bits per heavy atom. The second-order valence-electron chi connectivity index (χ2n) is 4.76. The molecule has 1 fully saturated rings. The van der Waals surface area contributed by atoms with E-state index in [0.717, 1.165) is 45.2 Å². The van der Waals surface area contributed by atoms with E-state index in [2.05, 4.69) is 35.0 Å². The van der Waals surface area contributed by atoms with Gasteiger partial charge < -0.3 is 4.90 Å². The number of allylic oxidation sites excluding steroid dienone is 2. The molecule has 1 rings (SSSR count). The summed E-state index contributed by atoms with van der Waals surface area (Å²) in [7, 11) is 0. The molecule has 102 valence electrons. The first-order chi connectivity index (χ1) is 9.33. The zero-order chi connectivity index (χ0) is 13.9. The Morgan fingerprint density at radius 3 is 2.58 bits per heavy atom. The molecule has 4 nitrogen and oxygen atoms in total. The number of piperidine rings is 1. The average molecular weight is 258 g/mol. The number of rotatable bonds is 5. The summed E-state index contributed by atoms with van der Waals surface area (Å²) in [5, 5.41) is 18.2. The van der Waals surface area contributed by atoms with Crippen LogP contribution < -0.4 is 0 Å². The molecule has 0 radical (unpaired) electrons. The molecule has 0 bridgehead atoms. The molecule has 19 heavy (non-hydrogen) atoms. The second-order valence-corrected chi connectivity index (χ2v) is 4.76. The summed E-state index contributed by atoms with van der Waals surface area (Å²) >= 11 is 0. The Morgan fingerprint density at radius 2 is 2.00 bits per heavy atom. The maximum Gasteiger partial charge on any atom is 0.207 e. The zero-order valence-electron chi connectivity index (χ0n) is 11.7. The van der Waals surface area contributed by atoms with E-state index in [0.29, 0.717) is 5.84 Å². The molecule has 0 amide bonds. The average Bonchev–Trinajstić information content (AvgIpc) is 2.47. The van der Waals surface area contributed by atoms with E-state index < -0.39 is 0 Å². The van der Waals surface area contributed by atoms with Gasteiger partial charge in [0.25, 0.3) is 0 Å². The van der Waals surface area contributed by atoms with E-state index in [1.807, 2.05) is 6.19 Å². The van der Waals surface area contributed by atoms with Crippen LogP contribution in [0.25, 0.3) is 0 Å². The van der Waals surface area contributed by atoms with Gasteiger partial charge in [-0.05, 0) is 38.5 Å². The van der Waals surface area contributed by atoms with Gasteiger partial charge in [0, 0.05) is 13.1 Å². The normalized spacial score (nSPS) is 18.1. The number of hydrogen-bond donors (Lipinski definition) is 0. The van der Waals surface area contributed by atoms with Gasteiger partial charge in [0.1, 0.15) is 11.8 Å². The topological polar surface area (TPSA) is 63.2 Å². The van der Waals surface area contributed by atoms with Crippen LogP contribution in [0.5, 0.6) is 0 Å². The summed E-state index contributed by atoms with van der Waals surface area (Å²) in [4.78, 5) is 6.03. The number of hydrogen-bond acceptors (Lipinski definition) is 3. The van der Waals surface area contributed by atoms with E-state index in [-0.39, 0.29) is 5.92 Å². The predicted octanol–water partition coefficient (Wildman–Crippen LogP) is 3.24. The van der Waals surface area contributed by atoms with E-state index in [9.17, 15) is 5.26 Å². The van der Waals surface area contributed by atoms with E-state index >= 15 is 0 Å². The smallest absolute Gasteiger partial charge is 0.207 e. The summed E-state index contributed by atoms with van der Waals surface area (Å²) in [6, 6.07) is 2.30. The molecule has 0 aromatic heterocycles. The standard InChI is InChI=1S/C15H22N4/c1-2-3-4-6-9-14(12-16)15(18-13-17)19-10-7-5-8-11-19/h3-4,14H,2,5-11H2,1H3/b4-3+,18-15-. The number of amidine groups is 1. The monoisotopic (exact) mass is 258 g/mol. The van der Waals surface area contributed by atoms with Gasteiger partial charge in [-0.3, -0.25) is 0 Å². The molecule has 0 aromatic rings. The molecule has 1 unspecified atom stereocenters. The number of nitrogens with zero attached hydrogens (tertiary/aromatic N) is 4. The third kappa shape index (κ3) is 5.14. The van der Waals surface area contributed by atoms with Crippen LogP contribution in [0, 0.1) is 28.7 Å². The van der Waals surface area contributed by atoms with Crippen LogP contribution in [0.3, 0.4) is 0 Å². The van der Waals surface area contributed by atoms with Gasteiger partial charge >= 0.3 is 0 Å². The van der Waals surface area contributed by atoms with E-state index in [4.69, 9.17) is 5.26 Å². The molecule has 0 aliphatic carbocycles. The fourth-order valence-electron chi connectivity index (χ4n) is 2.34. The van der Waals surface area contributed by atoms with Gasteiger partial charge in [-0.1, -0.05) is 19.1 Å². The van der Waals surface area contributed by atoms with Crippen LogP contribution in [-0.2, 0) is 0 Å². The summed E-state index contributed by atoms with van der Waals surface area (Å²) in [5.74, 6) is 0.411. The Kier molecular flexibility index (Phi) is 7.35. The van der Waals surface area contributed by atoms with Gasteiger partial charge in [0.15, 0.2) is 0 Å². The van der Waals surface area contributed by atoms with Crippen LogP contribution in [0.15, 0.2) is 17.1 Å². The third-order valence-electron chi connectivity index (χ3n) is 3.34. The van der Waals surface area contributed by atoms with Gasteiger partial charge in [0.05, 0.1) is 6.07 Å². The molecule has 1 saturated heterocycles. The van der Waals surface area contributed by atoms with Crippen molar-refractivity contribution >= 4 is 5.84 Å². The van der Waals surface area contributed by atoms with Crippen molar-refractivity contribution in [3.8, 4) is 12.3 Å². The quantitative estimate of drug-likeness (QED) is 0.329. The number of nitriles is 2. The minimum Gasteiger partial charge on any atom is -0.358 e. The van der Waals surface area contributed by atoms with Gasteiger partial charge in [0.2, 0.25) is 6.19 Å². The van der Waals surface area contributed by atoms with Crippen molar-refractivity contribution in [2.24, 2.45) is 10.9 Å². The van der Waals surface area contributed by atoms with Gasteiger partial charge in [-0.25, -0.2) is 0 Å². The molecule has 1 atom stereocenters. The van der Waals surface area contributed by atoms with Crippen LogP contribution >= 0.6 is 0 Å². The predicted molar refractivity (Wildman–Crippen MR) is 76.2 cm³/mol. The first kappa shape index (κ1) is 15.2. The largest absolute Gasteiger partial charge is 0.358 e. The van der Waals surface area contributed by atoms with Crippen LogP contribution in [0.1, 0.15) is 45.4 Å². The lowest BCUT2D eigenvalue weighted by Crippen LogP contribution is -2.39. The summed E-state index contributed by atoms with van der Waals surface area (Å²) < 4.78 is 0. The molecular weight excluding hydrogens is 236 g/mol. The molecular formula is C15H22N4. The highest BCUT2D eigenvalue weighted by Gasteiger charge is 2.23. The van der Waals surface area contributed by atoms with Crippen molar-refractivity contribution in [3.63, 3.8) is 0 Å². The Balaban J connectivity index is 2.67. The molecule has 0 saturated carbocycles. The molecule has 0 spiro atoms. The SMILES string of the molecule is CC/C=C/CCC(C#N)/C(=N/C#N)N1CCCCC1. The Labute approximate surface area is 116 Å². The summed E-state index contributed by atoms with van der Waals surface area (Å²) in [6.07, 6.45) is 12.2. The first-order valence-corrected chi connectivity index (χ1v) is 7.09. The number of likely N-dealkylation sites (tertiary alicyclic amines) is 1. The maximum absolute atomic E-state index is 9.32. The fraction of sp³-hybridized carbons (Fsp3) is 0.667. The van der Waals surface area contributed by atoms with Crippen molar-refractivity contribution in [1.29, 1.82) is 10.5 Å². The molecule has 1 aliphatic rings. The minimum atomic E-state index is -0.265. The first-order valence-electron chi connectivity index (χ1n) is 7.09. The van der Waals surface area contributed by atoms with Crippen molar-refractivity contribution in [2.45, 2.75) is 45.4 Å². The molecule has 1 heterocycles. The van der Waals surface area contributed by atoms with E-state index in [1.54, 1.807) is 0 Å². The summed E-state index contributed by atoms with van der Waals surface area (Å²) in [6.45, 7) is 3.93. The number of aliphatic imine (C=N–C) groups is 1. The van der Waals surface area contributed by atoms with Crippen molar-refractivity contribution in [1.82, 2.24) is 4.90 Å². The maximum atomic E-state index is 9.32. The van der Waals surface area contributed by atoms with Gasteiger partial charge in [-0.2, -0.15) is 15.5 Å². The van der Waals surface area contributed by atoms with E-state index in [1.165, 1.54) is 6.42 Å².